The van der Waals surface area contributed by atoms with E-state index in [1.807, 2.05) is 41.3 Å². The first kappa shape index (κ1) is 21.4. The Bertz CT molecular complexity index is 1530. The molecule has 7 nitrogen and oxygen atoms in total. The van der Waals surface area contributed by atoms with E-state index < -0.39 is 5.97 Å². The lowest BCUT2D eigenvalue weighted by atomic mass is 9.90. The van der Waals surface area contributed by atoms with Gasteiger partial charge in [-0.25, -0.2) is 9.37 Å². The number of fused-ring (bicyclic) bond motifs is 2. The van der Waals surface area contributed by atoms with E-state index in [-0.39, 0.29) is 17.6 Å². The molecule has 7 heteroatoms. The van der Waals surface area contributed by atoms with Crippen molar-refractivity contribution in [1.29, 1.82) is 0 Å². The van der Waals surface area contributed by atoms with Gasteiger partial charge >= 0.3 is 5.97 Å². The van der Waals surface area contributed by atoms with Crippen molar-refractivity contribution in [3.05, 3.63) is 71.6 Å². The van der Waals surface area contributed by atoms with Crippen LogP contribution in [0.5, 0.6) is 0 Å². The molecule has 2 saturated heterocycles. The van der Waals surface area contributed by atoms with Gasteiger partial charge < -0.3 is 24.0 Å². The topological polar surface area (TPSA) is 85.8 Å². The summed E-state index contributed by atoms with van der Waals surface area (Å²) < 4.78 is 13.6. The van der Waals surface area contributed by atoms with E-state index in [0.29, 0.717) is 16.9 Å². The second-order valence-corrected chi connectivity index (χ2v) is 9.03. The van der Waals surface area contributed by atoms with E-state index in [1.165, 1.54) is 7.11 Å². The highest BCUT2D eigenvalue weighted by Crippen LogP contribution is 2.42. The molecule has 35 heavy (non-hydrogen) atoms. The lowest BCUT2D eigenvalue weighted by Crippen LogP contribution is -2.53. The Balaban J connectivity index is 1.61. The molecule has 6 rings (SSSR count). The largest absolute Gasteiger partial charge is 0.545 e. The predicted molar refractivity (Wildman–Crippen MR) is 130 cm³/mol. The minimum atomic E-state index is -1.22. The van der Waals surface area contributed by atoms with Crippen molar-refractivity contribution in [3.8, 4) is 22.5 Å². The van der Waals surface area contributed by atoms with Crippen molar-refractivity contribution < 1.29 is 23.8 Å². The van der Waals surface area contributed by atoms with Crippen LogP contribution in [0.25, 0.3) is 33.4 Å². The van der Waals surface area contributed by atoms with Crippen molar-refractivity contribution >= 4 is 28.6 Å². The van der Waals surface area contributed by atoms with Crippen LogP contribution in [0.15, 0.2) is 65.1 Å². The molecule has 1 atom stereocenters. The lowest BCUT2D eigenvalue weighted by Gasteiger charge is -2.40. The number of methoxy groups -OCH3 is 1. The smallest absolute Gasteiger partial charge is 0.328 e. The van der Waals surface area contributed by atoms with Crippen LogP contribution in [0.1, 0.15) is 23.2 Å². The Kier molecular flexibility index (Phi) is 5.06. The third-order valence-electron chi connectivity index (χ3n) is 7.15. The number of carboxylic acid groups (broad SMARTS) is 1. The molecule has 2 aromatic rings. The quantitative estimate of drug-likeness (QED) is 0.260. The van der Waals surface area contributed by atoms with Crippen molar-refractivity contribution in [2.24, 2.45) is 0 Å². The summed E-state index contributed by atoms with van der Waals surface area (Å²) >= 11 is 0. The summed E-state index contributed by atoms with van der Waals surface area (Å²) in [6.45, 7) is 2.76. The molecular formula is C28H24N2O5. The maximum atomic E-state index is 12.1. The highest BCUT2D eigenvalue weighted by Gasteiger charge is 2.35. The van der Waals surface area contributed by atoms with Gasteiger partial charge in [-0.15, -0.1) is 0 Å². The molecule has 1 unspecified atom stereocenters. The Morgan fingerprint density at radius 1 is 1.06 bits per heavy atom. The summed E-state index contributed by atoms with van der Waals surface area (Å²) in [7, 11) is 1.40. The first-order chi connectivity index (χ1) is 17.0. The first-order valence-corrected chi connectivity index (χ1v) is 11.8. The third-order valence-corrected chi connectivity index (χ3v) is 7.15. The van der Waals surface area contributed by atoms with Gasteiger partial charge in [-0.3, -0.25) is 0 Å². The molecule has 3 heterocycles. The highest BCUT2D eigenvalue weighted by molar-refractivity contribution is 6.07. The zero-order valence-corrected chi connectivity index (χ0v) is 19.3. The second-order valence-electron chi connectivity index (χ2n) is 9.03. The lowest BCUT2D eigenvalue weighted by molar-refractivity contribution is -0.254. The summed E-state index contributed by atoms with van der Waals surface area (Å²) in [5.74, 6) is -0.803. The van der Waals surface area contributed by atoms with E-state index in [0.717, 1.165) is 60.0 Å². The molecule has 0 spiro atoms. The maximum Gasteiger partial charge on any atom is 0.328 e. The molecule has 3 aliphatic heterocycles. The molecule has 0 saturated carbocycles. The normalized spacial score (nSPS) is 17.2. The van der Waals surface area contributed by atoms with Crippen molar-refractivity contribution in [1.82, 2.24) is 4.58 Å². The van der Waals surface area contributed by atoms with Crippen molar-refractivity contribution in [3.63, 3.8) is 0 Å². The van der Waals surface area contributed by atoms with Crippen LogP contribution in [-0.4, -0.2) is 44.7 Å². The van der Waals surface area contributed by atoms with Crippen molar-refractivity contribution in [2.75, 3.05) is 31.6 Å². The van der Waals surface area contributed by atoms with E-state index in [4.69, 9.17) is 9.15 Å². The van der Waals surface area contributed by atoms with Gasteiger partial charge in [0.15, 0.2) is 0 Å². The number of carbonyl (C=O) groups is 2. The molecule has 2 aromatic carbocycles. The number of hydrogen-bond acceptors (Lipinski definition) is 6. The zero-order chi connectivity index (χ0) is 24.1. The minimum absolute atomic E-state index is 0.130. The molecule has 0 N–H and O–H groups in total. The summed E-state index contributed by atoms with van der Waals surface area (Å²) in [6, 6.07) is 18.5. The fourth-order valence-corrected chi connectivity index (χ4v) is 5.06. The van der Waals surface area contributed by atoms with Crippen LogP contribution in [0, 0.1) is 0 Å². The Hall–Kier alpha value is -4.13. The molecule has 0 aromatic heterocycles. The number of rotatable bonds is 4. The monoisotopic (exact) mass is 468 g/mol. The van der Waals surface area contributed by atoms with Crippen LogP contribution in [0.4, 0.5) is 5.69 Å². The average molecular weight is 469 g/mol. The average Bonchev–Trinajstić information content (AvgIpc) is 2.80. The van der Waals surface area contributed by atoms with Gasteiger partial charge in [-0.1, -0.05) is 24.3 Å². The number of ether oxygens (including phenoxy) is 1. The SMILES string of the molecule is COC(=O)C1CCN1c1ccc2c(-c3ccccc3C(=O)[O-])c3ccc(=[N+]4CCC4)cc-3oc2c1. The number of carboxylic acids is 1. The van der Waals surface area contributed by atoms with Crippen LogP contribution in [0.3, 0.4) is 0 Å². The summed E-state index contributed by atoms with van der Waals surface area (Å²) in [4.78, 5) is 26.1. The maximum absolute atomic E-state index is 12.1. The van der Waals surface area contributed by atoms with Gasteiger partial charge in [0.1, 0.15) is 30.5 Å². The highest BCUT2D eigenvalue weighted by atomic mass is 16.5. The number of esters is 1. The van der Waals surface area contributed by atoms with E-state index in [1.54, 1.807) is 18.2 Å². The molecule has 0 bridgehead atoms. The first-order valence-electron chi connectivity index (χ1n) is 11.8. The Morgan fingerprint density at radius 3 is 2.57 bits per heavy atom. The van der Waals surface area contributed by atoms with Gasteiger partial charge in [-0.2, -0.15) is 0 Å². The van der Waals surface area contributed by atoms with Crippen LogP contribution >= 0.6 is 0 Å². The molecular weight excluding hydrogens is 444 g/mol. The summed E-state index contributed by atoms with van der Waals surface area (Å²) in [5.41, 5.74) is 3.81. The number of benzene rings is 3. The number of hydrogen-bond donors (Lipinski definition) is 0. The van der Waals surface area contributed by atoms with E-state index in [9.17, 15) is 14.7 Å². The Morgan fingerprint density at radius 2 is 1.89 bits per heavy atom. The molecule has 1 aliphatic carbocycles. The van der Waals surface area contributed by atoms with Crippen LogP contribution in [-0.2, 0) is 9.53 Å². The zero-order valence-electron chi connectivity index (χ0n) is 19.3. The molecule has 2 fully saturated rings. The van der Waals surface area contributed by atoms with Crippen LogP contribution in [0.2, 0.25) is 0 Å². The Labute approximate surface area is 201 Å². The summed E-state index contributed by atoms with van der Waals surface area (Å²) in [5, 5.41) is 13.9. The van der Waals surface area contributed by atoms with E-state index >= 15 is 0 Å². The number of aromatic carboxylic acids is 1. The third kappa shape index (κ3) is 3.46. The van der Waals surface area contributed by atoms with Gasteiger partial charge in [0.25, 0.3) is 0 Å². The van der Waals surface area contributed by atoms with E-state index in [2.05, 4.69) is 10.6 Å². The number of nitrogens with zero attached hydrogens (tertiary/aromatic N) is 2. The minimum Gasteiger partial charge on any atom is -0.545 e. The van der Waals surface area contributed by atoms with Gasteiger partial charge in [-0.05, 0) is 30.2 Å². The molecule has 4 aliphatic rings. The molecule has 176 valence electrons. The predicted octanol–water partition coefficient (Wildman–Crippen LogP) is 2.50. The van der Waals surface area contributed by atoms with Crippen LogP contribution < -0.4 is 19.9 Å². The standard InChI is InChI=1S/C28H24N2O5/c1-34-28(33)23-11-14-30(23)18-8-10-22-25(16-18)35-24-15-17(29-12-4-13-29)7-9-21(24)26(22)19-5-2-3-6-20(19)27(31)32/h2-3,5-10,15-16,23H,4,11-14H2,1H3. The summed E-state index contributed by atoms with van der Waals surface area (Å²) in [6.07, 6.45) is 1.90. The number of anilines is 1. The van der Waals surface area contributed by atoms with Crippen molar-refractivity contribution in [2.45, 2.75) is 18.9 Å². The van der Waals surface area contributed by atoms with Gasteiger partial charge in [0, 0.05) is 46.4 Å². The molecule has 0 radical (unpaired) electrons. The fourth-order valence-electron chi connectivity index (χ4n) is 5.06. The fraction of sp³-hybridized carbons (Fsp3) is 0.250. The van der Waals surface area contributed by atoms with Gasteiger partial charge in [0.2, 0.25) is 5.36 Å². The van der Waals surface area contributed by atoms with Gasteiger partial charge in [0.05, 0.1) is 25.6 Å². The second kappa shape index (κ2) is 8.27. The number of carbonyl (C=O) groups excluding carboxylic acids is 2. The molecule has 0 amide bonds.